The number of furan rings is 1. The molecule has 4 rings (SSSR count). The molecule has 0 bridgehead atoms. The summed E-state index contributed by atoms with van der Waals surface area (Å²) in [5.74, 6) is -0.0144. The number of ether oxygens (including phenoxy) is 2. The van der Waals surface area contributed by atoms with Crippen LogP contribution in [0.5, 0.6) is 5.75 Å². The molecule has 1 heterocycles. The number of thiol groups is 1. The van der Waals surface area contributed by atoms with E-state index >= 15 is 0 Å². The molecule has 164 valence electrons. The second-order valence-electron chi connectivity index (χ2n) is 7.99. The molecule has 1 atom stereocenters. The highest BCUT2D eigenvalue weighted by molar-refractivity contribution is 7.74. The van der Waals surface area contributed by atoms with E-state index in [1.54, 1.807) is 45.4 Å². The summed E-state index contributed by atoms with van der Waals surface area (Å²) in [6.45, 7) is 5.37. The first-order valence-electron chi connectivity index (χ1n) is 9.84. The van der Waals surface area contributed by atoms with Crippen molar-refractivity contribution in [2.24, 2.45) is 4.36 Å². The van der Waals surface area contributed by atoms with Crippen molar-refractivity contribution in [3.05, 3.63) is 66.1 Å². The molecule has 2 aliphatic carbocycles. The summed E-state index contributed by atoms with van der Waals surface area (Å²) >= 11 is 0. The molecular weight excluding hydrogens is 414 g/mol. The Kier molecular flexibility index (Phi) is 6.85. The van der Waals surface area contributed by atoms with Crippen molar-refractivity contribution in [1.82, 2.24) is 0 Å². The summed E-state index contributed by atoms with van der Waals surface area (Å²) in [4.78, 5) is 12.8. The molecule has 1 unspecified atom stereocenters. The third-order valence-corrected chi connectivity index (χ3v) is 5.58. The minimum Gasteiger partial charge on any atom is -0.495 e. The quantitative estimate of drug-likeness (QED) is 0.333. The highest BCUT2D eigenvalue weighted by Gasteiger charge is 2.26. The smallest absolute Gasteiger partial charge is 0.342 e. The third-order valence-electron chi connectivity index (χ3n) is 4.52. The van der Waals surface area contributed by atoms with Crippen LogP contribution >= 0.6 is 0 Å². The van der Waals surface area contributed by atoms with Crippen LogP contribution in [0.25, 0.3) is 22.3 Å². The number of carbonyl (C=O) groups is 1. The van der Waals surface area contributed by atoms with E-state index in [4.69, 9.17) is 13.9 Å². The van der Waals surface area contributed by atoms with Gasteiger partial charge in [0.1, 0.15) is 16.9 Å². The molecule has 6 nitrogen and oxygen atoms in total. The van der Waals surface area contributed by atoms with Crippen molar-refractivity contribution in [2.45, 2.75) is 32.1 Å². The SMILES string of the molecule is CN=[SH](=O)Cc1ccc(-c2ccoc2)c(OC)c1C(=O)OC(C)(C)C.c1cc2cc-2c1. The van der Waals surface area contributed by atoms with E-state index in [0.717, 1.165) is 5.56 Å². The van der Waals surface area contributed by atoms with Gasteiger partial charge in [0.2, 0.25) is 0 Å². The van der Waals surface area contributed by atoms with Crippen LogP contribution in [0.2, 0.25) is 0 Å². The van der Waals surface area contributed by atoms with Crippen molar-refractivity contribution in [3.8, 4) is 28.0 Å². The lowest BCUT2D eigenvalue weighted by atomic mass is 9.99. The highest BCUT2D eigenvalue weighted by atomic mass is 32.2. The number of methoxy groups -OCH3 is 1. The van der Waals surface area contributed by atoms with Crippen molar-refractivity contribution >= 4 is 16.6 Å². The summed E-state index contributed by atoms with van der Waals surface area (Å²) in [6, 6.07) is 13.8. The molecule has 0 radical (unpaired) electrons. The Bertz CT molecular complexity index is 1140. The number of rotatable bonds is 5. The van der Waals surface area contributed by atoms with Gasteiger partial charge in [0, 0.05) is 28.8 Å². The highest BCUT2D eigenvalue weighted by Crippen LogP contribution is 2.37. The number of benzene rings is 2. The van der Waals surface area contributed by atoms with Crippen LogP contribution in [-0.4, -0.2) is 29.9 Å². The minimum absolute atomic E-state index is 0.141. The summed E-state index contributed by atoms with van der Waals surface area (Å²) < 4.78 is 31.9. The molecule has 2 aromatic rings. The molecular formula is C24H27NO5S. The maximum atomic E-state index is 12.8. The van der Waals surface area contributed by atoms with E-state index in [2.05, 4.69) is 28.6 Å². The average Bonchev–Trinajstić information content (AvgIpc) is 3.11. The maximum absolute atomic E-state index is 12.8. The third kappa shape index (κ3) is 5.76. The zero-order chi connectivity index (χ0) is 22.6. The van der Waals surface area contributed by atoms with Crippen LogP contribution in [0.3, 0.4) is 0 Å². The zero-order valence-electron chi connectivity index (χ0n) is 18.3. The second kappa shape index (κ2) is 9.39. The summed E-state index contributed by atoms with van der Waals surface area (Å²) in [6.07, 6.45) is 3.11. The Morgan fingerprint density at radius 3 is 2.26 bits per heavy atom. The van der Waals surface area contributed by atoms with Crippen molar-refractivity contribution < 1.29 is 22.9 Å². The van der Waals surface area contributed by atoms with Gasteiger partial charge in [-0.1, -0.05) is 30.3 Å². The van der Waals surface area contributed by atoms with E-state index in [1.165, 1.54) is 25.3 Å². The predicted molar refractivity (Wildman–Crippen MR) is 123 cm³/mol. The van der Waals surface area contributed by atoms with Gasteiger partial charge in [-0.3, -0.25) is 4.21 Å². The number of hydrogen-bond donors (Lipinski definition) is 1. The number of carbonyl (C=O) groups excluding carboxylic acids is 1. The zero-order valence-corrected chi connectivity index (χ0v) is 19.2. The van der Waals surface area contributed by atoms with Gasteiger partial charge in [0.15, 0.2) is 0 Å². The van der Waals surface area contributed by atoms with Crippen molar-refractivity contribution in [1.29, 1.82) is 0 Å². The number of hydrogen-bond acceptors (Lipinski definition) is 6. The largest absolute Gasteiger partial charge is 0.495 e. The Hall–Kier alpha value is -3.06. The maximum Gasteiger partial charge on any atom is 0.342 e. The second-order valence-corrected chi connectivity index (χ2v) is 9.41. The lowest BCUT2D eigenvalue weighted by Gasteiger charge is -2.22. The fourth-order valence-electron chi connectivity index (χ4n) is 3.06. The topological polar surface area (TPSA) is 78.1 Å². The lowest BCUT2D eigenvalue weighted by molar-refractivity contribution is 0.00657. The molecule has 0 fully saturated rings. The van der Waals surface area contributed by atoms with Crippen LogP contribution in [0.1, 0.15) is 36.7 Å². The fourth-order valence-corrected chi connectivity index (χ4v) is 3.75. The summed E-state index contributed by atoms with van der Waals surface area (Å²) in [7, 11) is 1.17. The van der Waals surface area contributed by atoms with Crippen LogP contribution in [0.15, 0.2) is 63.8 Å². The first-order valence-corrected chi connectivity index (χ1v) is 11.2. The monoisotopic (exact) mass is 441 g/mol. The molecule has 0 N–H and O–H groups in total. The minimum atomic E-state index is -1.81. The fraction of sp³-hybridized carbons (Fsp3) is 0.292. The summed E-state index contributed by atoms with van der Waals surface area (Å²) in [5, 5.41) is 0. The normalized spacial score (nSPS) is 12.5. The Labute approximate surface area is 184 Å². The first kappa shape index (κ1) is 22.6. The van der Waals surface area contributed by atoms with E-state index in [1.807, 2.05) is 6.07 Å². The van der Waals surface area contributed by atoms with E-state index < -0.39 is 22.2 Å². The van der Waals surface area contributed by atoms with E-state index in [9.17, 15) is 9.00 Å². The van der Waals surface area contributed by atoms with Crippen LogP contribution in [-0.2, 0) is 21.1 Å². The van der Waals surface area contributed by atoms with Gasteiger partial charge >= 0.3 is 5.97 Å². The molecule has 0 amide bonds. The van der Waals surface area contributed by atoms with Gasteiger partial charge in [-0.2, -0.15) is 0 Å². The molecule has 0 saturated carbocycles. The number of fused-ring (bicyclic) bond motifs is 1. The summed E-state index contributed by atoms with van der Waals surface area (Å²) in [5.41, 5.74) is 4.50. The average molecular weight is 442 g/mol. The van der Waals surface area contributed by atoms with Crippen LogP contribution < -0.4 is 4.74 Å². The lowest BCUT2D eigenvalue weighted by Crippen LogP contribution is -2.25. The number of nitrogens with zero attached hydrogens (tertiary/aromatic N) is 1. The molecule has 0 spiro atoms. The molecule has 1 aromatic carbocycles. The predicted octanol–water partition coefficient (Wildman–Crippen LogP) is 5.37. The first-order chi connectivity index (χ1) is 14.7. The van der Waals surface area contributed by atoms with Gasteiger partial charge in [0.25, 0.3) is 0 Å². The Balaban J connectivity index is 0.000000381. The molecule has 0 saturated heterocycles. The van der Waals surface area contributed by atoms with Crippen LogP contribution in [0, 0.1) is 0 Å². The van der Waals surface area contributed by atoms with E-state index in [-0.39, 0.29) is 11.3 Å². The molecule has 1 aromatic heterocycles. The molecule has 2 aliphatic rings. The van der Waals surface area contributed by atoms with Gasteiger partial charge < -0.3 is 13.9 Å². The van der Waals surface area contributed by atoms with Crippen molar-refractivity contribution in [3.63, 3.8) is 0 Å². The number of esters is 1. The molecule has 0 aliphatic heterocycles. The molecule has 31 heavy (non-hydrogen) atoms. The van der Waals surface area contributed by atoms with Gasteiger partial charge in [-0.05, 0) is 49.6 Å². The van der Waals surface area contributed by atoms with E-state index in [0.29, 0.717) is 16.9 Å². The Morgan fingerprint density at radius 2 is 1.81 bits per heavy atom. The van der Waals surface area contributed by atoms with Gasteiger partial charge in [-0.15, -0.1) is 0 Å². The van der Waals surface area contributed by atoms with Crippen LogP contribution in [0.4, 0.5) is 0 Å². The van der Waals surface area contributed by atoms with Crippen molar-refractivity contribution in [2.75, 3.05) is 14.2 Å². The Morgan fingerprint density at radius 1 is 1.10 bits per heavy atom. The molecule has 7 heteroatoms. The van der Waals surface area contributed by atoms with Gasteiger partial charge in [0.05, 0.1) is 25.4 Å². The van der Waals surface area contributed by atoms with Gasteiger partial charge in [-0.25, -0.2) is 9.16 Å². The standard InChI is InChI=1S/C18H23NO5S.C6H4/c1-18(2,3)24-17(20)15-13(11-25(21)19-4)6-7-14(16(15)22-5)12-8-9-23-10-12;1-2-5-4-6(5)3-1/h6-10,25H,11H2,1-5H3;1-4H.